The van der Waals surface area contributed by atoms with Gasteiger partial charge in [0.05, 0.1) is 119 Å². The summed E-state index contributed by atoms with van der Waals surface area (Å²) in [4.78, 5) is 200. The van der Waals surface area contributed by atoms with Crippen LogP contribution in [0, 0.1) is 0 Å². The van der Waals surface area contributed by atoms with Crippen LogP contribution >= 0.6 is 0 Å². The van der Waals surface area contributed by atoms with Gasteiger partial charge in [0.2, 0.25) is 100 Å². The summed E-state index contributed by atoms with van der Waals surface area (Å²) in [6.45, 7) is 16.0. The number of aliphatic imine (C=N–C) groups is 2. The molecule has 0 bridgehead atoms. The van der Waals surface area contributed by atoms with Crippen molar-refractivity contribution in [3.63, 3.8) is 0 Å². The van der Waals surface area contributed by atoms with Crippen molar-refractivity contribution in [1.82, 2.24) is 21.3 Å². The minimum atomic E-state index is -1.58. The standard InChI is InChI=1S/C21H36N6O5.C20H32N12O8.C12H18O4.2C4H9N3O2.C4H10O/c1-4-6-8-31-19-17(26-13(12(3)22)10-15(23)28)18(20(19)32-9-7-5-2)27-14(21(25)30)11-16(24)29;21-9(33)1-5(17(25)37)29-13-14(30-6(18(26)38)2-10(22)34)16(32-8(20(28)40)4-12(24)36)15(13)31-7(19(27)39)3-11(23)35;1-3-5-7-15-11-9(13)10(14)12(11)16-8-6-4-2;2*5-2(4(7)9)1-3(6)8;1-2-3-4-5/h13-14,17,26H,3-11,22H2,1-2H3,(H2,23,28)(H2,24,29)(H2,25,30);5-8,13,29-30,32H,1-4H2,(H2,21,33)(H2,22,34)(H2,23,35)(H2,24,36)(H2,25,37)(H2,26,38)(H2,27,39)(H2,28,40);3-8H2,1-2H3;2*2H,1,5H2,(H2,6,8)(H2,7,9);5H,2-4H2,1H3. The lowest BCUT2D eigenvalue weighted by molar-refractivity contribution is -0.125. The van der Waals surface area contributed by atoms with Crippen LogP contribution in [-0.2, 0) is 81.4 Å². The molecule has 46 heteroatoms. The van der Waals surface area contributed by atoms with Gasteiger partial charge in [0.15, 0.2) is 11.5 Å². The first-order valence-electron chi connectivity index (χ1n) is 34.7. The Bertz CT molecular complexity index is 3490. The van der Waals surface area contributed by atoms with Crippen LogP contribution in [0.1, 0.15) is 150 Å². The lowest BCUT2D eigenvalue weighted by Gasteiger charge is -2.41. The molecule has 2 aliphatic carbocycles. The van der Waals surface area contributed by atoms with E-state index in [4.69, 9.17) is 127 Å². The molecule has 41 N–H and O–H groups in total. The Morgan fingerprint density at radius 2 is 0.703 bits per heavy atom. The van der Waals surface area contributed by atoms with Crippen molar-refractivity contribution in [2.24, 2.45) is 113 Å². The van der Waals surface area contributed by atoms with Gasteiger partial charge in [-0.1, -0.05) is 73.3 Å². The number of nitrogens with zero attached hydrogens (tertiary/aromatic N) is 2. The molecule has 3 rings (SSSR count). The highest BCUT2D eigenvalue weighted by molar-refractivity contribution is 6.15. The Hall–Kier alpha value is -11.9. The maximum absolute atomic E-state index is 12.0. The third kappa shape index (κ3) is 42.4. The predicted molar refractivity (Wildman–Crippen MR) is 402 cm³/mol. The first-order chi connectivity index (χ1) is 51.8. The zero-order valence-corrected chi connectivity index (χ0v) is 63.1. The van der Waals surface area contributed by atoms with Gasteiger partial charge in [-0.3, -0.25) is 102 Å². The lowest BCUT2D eigenvalue weighted by atomic mass is 9.87. The van der Waals surface area contributed by atoms with Crippen LogP contribution in [0.2, 0.25) is 0 Å². The Labute approximate surface area is 639 Å². The fourth-order valence-corrected chi connectivity index (χ4v) is 8.49. The van der Waals surface area contributed by atoms with E-state index >= 15 is 0 Å². The van der Waals surface area contributed by atoms with Crippen LogP contribution in [0.3, 0.4) is 0 Å². The van der Waals surface area contributed by atoms with E-state index in [9.17, 15) is 81.5 Å². The Kier molecular flexibility index (Phi) is 51.6. The number of hydrogen-bond donors (Lipinski definition) is 23. The monoisotopic (exact) mass is 1580 g/mol. The van der Waals surface area contributed by atoms with Gasteiger partial charge in [-0.05, 0) is 32.1 Å². The van der Waals surface area contributed by atoms with Crippen LogP contribution in [-0.4, -0.2) is 199 Å². The number of unbranched alkanes of at least 4 members (excludes halogenated alkanes) is 5. The molecule has 0 radical (unpaired) electrons. The number of primary amides is 15. The molecular formula is C65H114N24O22. The van der Waals surface area contributed by atoms with E-state index in [1.54, 1.807) is 0 Å². The molecule has 0 spiro atoms. The Balaban J connectivity index is -0.00000144. The molecule has 0 fully saturated rings. The van der Waals surface area contributed by atoms with E-state index in [1.807, 2.05) is 27.7 Å². The molecule has 10 atom stereocenters. The summed E-state index contributed by atoms with van der Waals surface area (Å²) >= 11 is 0. The second kappa shape index (κ2) is 55.5. The zero-order chi connectivity index (χ0) is 86.1. The number of aliphatic hydroxyl groups is 1. The average molecular weight is 1580 g/mol. The van der Waals surface area contributed by atoms with Gasteiger partial charge in [0.25, 0.3) is 10.9 Å². The molecule has 111 heavy (non-hydrogen) atoms. The van der Waals surface area contributed by atoms with Crippen molar-refractivity contribution in [2.75, 3.05) is 33.0 Å². The van der Waals surface area contributed by atoms with E-state index in [0.717, 1.165) is 64.2 Å². The summed E-state index contributed by atoms with van der Waals surface area (Å²) in [5.41, 5.74) is 91.7. The molecule has 15 amide bonds. The fraction of sp³-hybridized carbons (Fsp3) is 0.585. The fourth-order valence-electron chi connectivity index (χ4n) is 8.49. The third-order valence-corrected chi connectivity index (χ3v) is 14.5. The molecule has 10 unspecified atom stereocenters. The van der Waals surface area contributed by atoms with Crippen molar-refractivity contribution in [3.8, 4) is 11.5 Å². The summed E-state index contributed by atoms with van der Waals surface area (Å²) in [6, 6.07) is -11.7. The number of aliphatic hydroxyl groups excluding tert-OH is 1. The van der Waals surface area contributed by atoms with Crippen molar-refractivity contribution < 1.29 is 96.0 Å². The summed E-state index contributed by atoms with van der Waals surface area (Å²) in [6.07, 6.45) is 5.80. The summed E-state index contributed by atoms with van der Waals surface area (Å²) in [5, 5.41) is 19.0. The van der Waals surface area contributed by atoms with Gasteiger partial charge < -0.3 is 138 Å². The quantitative estimate of drug-likeness (QED) is 0.0213. The van der Waals surface area contributed by atoms with E-state index in [-0.39, 0.29) is 60.0 Å². The molecule has 1 aromatic carbocycles. The minimum absolute atomic E-state index is 0.103. The molecule has 2 aliphatic rings. The van der Waals surface area contributed by atoms with Crippen molar-refractivity contribution in [3.05, 3.63) is 55.6 Å². The topological polar surface area (TPSA) is 889 Å². The normalized spacial score (nSPS) is 15.9. The van der Waals surface area contributed by atoms with Gasteiger partial charge in [0, 0.05) is 18.7 Å². The second-order valence-electron chi connectivity index (χ2n) is 24.4. The van der Waals surface area contributed by atoms with Crippen LogP contribution in [0.25, 0.3) is 0 Å². The number of nitrogens with two attached hydrogens (primary N) is 18. The van der Waals surface area contributed by atoms with E-state index in [2.05, 4.69) is 44.8 Å². The van der Waals surface area contributed by atoms with Gasteiger partial charge in [-0.25, -0.2) is 0 Å². The smallest absolute Gasteiger partial charge is 0.275 e. The van der Waals surface area contributed by atoms with Gasteiger partial charge in [0.1, 0.15) is 35.9 Å². The molecule has 1 aromatic rings. The molecule has 46 nitrogen and oxygen atoms in total. The third-order valence-electron chi connectivity index (χ3n) is 14.5. The zero-order valence-electron chi connectivity index (χ0n) is 63.1. The molecule has 626 valence electrons. The number of ether oxygens (including phenoxy) is 4. The van der Waals surface area contributed by atoms with Crippen LogP contribution < -0.4 is 145 Å². The summed E-state index contributed by atoms with van der Waals surface area (Å²) < 4.78 is 22.3. The Morgan fingerprint density at radius 3 is 1.00 bits per heavy atom. The highest BCUT2D eigenvalue weighted by Crippen LogP contribution is 2.32. The molecule has 0 aromatic heterocycles. The van der Waals surface area contributed by atoms with Gasteiger partial charge in [-0.15, -0.1) is 0 Å². The van der Waals surface area contributed by atoms with E-state index < -0.39 is 186 Å². The number of rotatable bonds is 52. The van der Waals surface area contributed by atoms with Crippen molar-refractivity contribution >= 4 is 100 Å². The SMILES string of the molecule is C=C(N)C(CC(N)=O)NC1C(=NC(CC(N)=O)C(N)=O)C(OCCCC)=C1OCCCC.CCCCO.CCCCOc1c(OCCCC)c(=O)c1=O.NC(=O)CC(N)C(N)=O.NC(=O)CC(N)C(N)=O.NC(=O)CC(N=C1C(NC(CC(N)=O)C(N)=O)=C(NC(CC(N)=O)C(N)=O)C1NC(CC(N)=O)C(N)=O)C(N)=O. The predicted octanol–water partition coefficient (Wildman–Crippen LogP) is -10.8. The number of amides is 15. The molecule has 0 aliphatic heterocycles. The maximum atomic E-state index is 12.0. The first-order valence-corrected chi connectivity index (χ1v) is 34.7. The number of carbonyl (C=O) groups excluding carboxylic acids is 15. The van der Waals surface area contributed by atoms with Crippen LogP contribution in [0.5, 0.6) is 11.5 Å². The van der Waals surface area contributed by atoms with E-state index in [0.29, 0.717) is 50.3 Å². The molecule has 0 heterocycles. The number of nitrogens with one attached hydrogen (secondary N) is 4. The molecule has 0 saturated carbocycles. The van der Waals surface area contributed by atoms with Crippen LogP contribution in [0.4, 0.5) is 0 Å². The average Bonchev–Trinajstić information content (AvgIpc) is 0.761. The van der Waals surface area contributed by atoms with Crippen LogP contribution in [0.15, 0.2) is 54.8 Å². The Morgan fingerprint density at radius 1 is 0.387 bits per heavy atom. The molecule has 0 saturated heterocycles. The summed E-state index contributed by atoms with van der Waals surface area (Å²) in [7, 11) is 0. The van der Waals surface area contributed by atoms with Crippen molar-refractivity contribution in [2.45, 2.75) is 211 Å². The first kappa shape index (κ1) is 103. The second-order valence-corrected chi connectivity index (χ2v) is 24.4. The molecular weight excluding hydrogens is 1470 g/mol. The largest absolute Gasteiger partial charge is 0.492 e. The highest BCUT2D eigenvalue weighted by atomic mass is 16.5. The summed E-state index contributed by atoms with van der Waals surface area (Å²) in [5.74, 6) is -11.9. The maximum Gasteiger partial charge on any atom is 0.275 e. The number of hydrogen-bond acceptors (Lipinski definition) is 31. The highest BCUT2D eigenvalue weighted by Gasteiger charge is 2.45. The minimum Gasteiger partial charge on any atom is -0.492 e. The number of carbonyl (C=O) groups is 15. The van der Waals surface area contributed by atoms with Gasteiger partial charge >= 0.3 is 0 Å². The van der Waals surface area contributed by atoms with Gasteiger partial charge in [-0.2, -0.15) is 0 Å². The lowest BCUT2D eigenvalue weighted by Crippen LogP contribution is -2.64. The van der Waals surface area contributed by atoms with Crippen molar-refractivity contribution in [1.29, 1.82) is 0 Å². The van der Waals surface area contributed by atoms with E-state index in [1.165, 1.54) is 0 Å².